The zero-order chi connectivity index (χ0) is 10.3. The smallest absolute Gasteiger partial charge is 0.0594 e. The molecule has 2 saturated heterocycles. The van der Waals surface area contributed by atoms with Crippen LogP contribution in [-0.4, -0.2) is 61.8 Å². The van der Waals surface area contributed by atoms with E-state index in [4.69, 9.17) is 4.74 Å². The van der Waals surface area contributed by atoms with E-state index in [1.807, 2.05) is 0 Å². The van der Waals surface area contributed by atoms with E-state index in [2.05, 4.69) is 22.0 Å². The number of ether oxygens (including phenoxy) is 1. The molecule has 0 aromatic rings. The van der Waals surface area contributed by atoms with Crippen LogP contribution in [0.4, 0.5) is 0 Å². The normalized spacial score (nSPS) is 28.4. The van der Waals surface area contributed by atoms with E-state index >= 15 is 0 Å². The second-order valence-corrected chi connectivity index (χ2v) is 5.47. The Bertz CT molecular complexity index is 168. The minimum absolute atomic E-state index is 0.791. The van der Waals surface area contributed by atoms with E-state index in [9.17, 15) is 0 Å². The van der Waals surface area contributed by atoms with Gasteiger partial charge in [0.15, 0.2) is 0 Å². The Balaban J connectivity index is 1.47. The predicted molar refractivity (Wildman–Crippen MR) is 65.6 cm³/mol. The average molecular weight is 230 g/mol. The molecule has 0 amide bonds. The maximum Gasteiger partial charge on any atom is 0.0594 e. The van der Waals surface area contributed by atoms with Crippen molar-refractivity contribution < 1.29 is 4.74 Å². The van der Waals surface area contributed by atoms with Crippen molar-refractivity contribution in [1.29, 1.82) is 0 Å². The third-order valence-corrected chi connectivity index (χ3v) is 4.28. The van der Waals surface area contributed by atoms with Crippen molar-refractivity contribution >= 4 is 11.8 Å². The van der Waals surface area contributed by atoms with Crippen molar-refractivity contribution in [2.24, 2.45) is 0 Å². The molecule has 0 aromatic carbocycles. The first-order chi connectivity index (χ1) is 7.45. The van der Waals surface area contributed by atoms with Crippen LogP contribution < -0.4 is 5.32 Å². The molecule has 88 valence electrons. The summed E-state index contributed by atoms with van der Waals surface area (Å²) in [5.74, 6) is 2.67. The number of hydrogen-bond donors (Lipinski definition) is 1. The van der Waals surface area contributed by atoms with Gasteiger partial charge in [-0.05, 0) is 31.7 Å². The molecular weight excluding hydrogens is 208 g/mol. The van der Waals surface area contributed by atoms with E-state index in [0.717, 1.165) is 32.3 Å². The molecule has 4 heteroatoms. The van der Waals surface area contributed by atoms with Crippen LogP contribution in [0.1, 0.15) is 12.8 Å². The lowest BCUT2D eigenvalue weighted by Crippen LogP contribution is -2.38. The van der Waals surface area contributed by atoms with Crippen molar-refractivity contribution in [2.45, 2.75) is 18.9 Å². The summed E-state index contributed by atoms with van der Waals surface area (Å²) in [5, 5.41) is 3.64. The quantitative estimate of drug-likeness (QED) is 0.706. The standard InChI is InChI=1S/C11H22N2OS/c1(3-12-11-2-9-15-10-11)4-13-5-7-14-8-6-13/h11-12H,1-10H2/t11-/m1/s1. The van der Waals surface area contributed by atoms with E-state index in [1.165, 1.54) is 37.4 Å². The average Bonchev–Trinajstić information content (AvgIpc) is 2.79. The van der Waals surface area contributed by atoms with Gasteiger partial charge in [-0.3, -0.25) is 4.90 Å². The summed E-state index contributed by atoms with van der Waals surface area (Å²) >= 11 is 2.08. The molecule has 0 radical (unpaired) electrons. The largest absolute Gasteiger partial charge is 0.379 e. The zero-order valence-electron chi connectivity index (χ0n) is 9.41. The number of morpholine rings is 1. The fourth-order valence-electron chi connectivity index (χ4n) is 2.13. The van der Waals surface area contributed by atoms with E-state index < -0.39 is 0 Å². The second-order valence-electron chi connectivity index (χ2n) is 4.32. The number of hydrogen-bond acceptors (Lipinski definition) is 4. The summed E-state index contributed by atoms with van der Waals surface area (Å²) in [7, 11) is 0. The minimum atomic E-state index is 0.791. The van der Waals surface area contributed by atoms with Crippen LogP contribution in [-0.2, 0) is 4.74 Å². The van der Waals surface area contributed by atoms with Crippen molar-refractivity contribution in [3.8, 4) is 0 Å². The van der Waals surface area contributed by atoms with Crippen molar-refractivity contribution in [3.05, 3.63) is 0 Å². The molecule has 0 unspecified atom stereocenters. The first-order valence-corrected chi connectivity index (χ1v) is 7.22. The fourth-order valence-corrected chi connectivity index (χ4v) is 3.32. The fraction of sp³-hybridized carbons (Fsp3) is 1.00. The van der Waals surface area contributed by atoms with E-state index in [-0.39, 0.29) is 0 Å². The first-order valence-electron chi connectivity index (χ1n) is 6.06. The number of nitrogens with zero attached hydrogens (tertiary/aromatic N) is 1. The van der Waals surface area contributed by atoms with Gasteiger partial charge in [-0.25, -0.2) is 0 Å². The van der Waals surface area contributed by atoms with Crippen LogP contribution in [0.15, 0.2) is 0 Å². The van der Waals surface area contributed by atoms with Crippen molar-refractivity contribution in [3.63, 3.8) is 0 Å². The monoisotopic (exact) mass is 230 g/mol. The van der Waals surface area contributed by atoms with Gasteiger partial charge in [0.25, 0.3) is 0 Å². The molecule has 2 heterocycles. The van der Waals surface area contributed by atoms with Crippen molar-refractivity contribution in [1.82, 2.24) is 10.2 Å². The van der Waals surface area contributed by atoms with E-state index in [1.54, 1.807) is 0 Å². The number of rotatable bonds is 5. The Morgan fingerprint density at radius 3 is 2.93 bits per heavy atom. The molecule has 0 spiro atoms. The summed E-state index contributed by atoms with van der Waals surface area (Å²) < 4.78 is 5.33. The van der Waals surface area contributed by atoms with Gasteiger partial charge in [-0.2, -0.15) is 11.8 Å². The summed E-state index contributed by atoms with van der Waals surface area (Å²) in [6.45, 7) is 6.51. The lowest BCUT2D eigenvalue weighted by atomic mass is 10.2. The summed E-state index contributed by atoms with van der Waals surface area (Å²) in [4.78, 5) is 2.51. The summed E-state index contributed by atoms with van der Waals surface area (Å²) in [5.41, 5.74) is 0. The number of nitrogens with one attached hydrogen (secondary N) is 1. The summed E-state index contributed by atoms with van der Waals surface area (Å²) in [6, 6.07) is 0.791. The van der Waals surface area contributed by atoms with Gasteiger partial charge >= 0.3 is 0 Å². The molecule has 0 saturated carbocycles. The Morgan fingerprint density at radius 1 is 1.33 bits per heavy atom. The molecule has 2 rings (SSSR count). The lowest BCUT2D eigenvalue weighted by Gasteiger charge is -2.26. The maximum absolute atomic E-state index is 5.33. The van der Waals surface area contributed by atoms with Gasteiger partial charge in [0, 0.05) is 24.9 Å². The van der Waals surface area contributed by atoms with Gasteiger partial charge < -0.3 is 10.1 Å². The maximum atomic E-state index is 5.33. The van der Waals surface area contributed by atoms with Crippen LogP contribution in [0.3, 0.4) is 0 Å². The topological polar surface area (TPSA) is 24.5 Å². The van der Waals surface area contributed by atoms with E-state index in [0.29, 0.717) is 0 Å². The van der Waals surface area contributed by atoms with Crippen molar-refractivity contribution in [2.75, 3.05) is 50.9 Å². The Labute approximate surface area is 96.9 Å². The third-order valence-electron chi connectivity index (χ3n) is 3.12. The van der Waals surface area contributed by atoms with Crippen LogP contribution in [0, 0.1) is 0 Å². The minimum Gasteiger partial charge on any atom is -0.379 e. The highest BCUT2D eigenvalue weighted by Crippen LogP contribution is 2.16. The third kappa shape index (κ3) is 4.31. The molecule has 15 heavy (non-hydrogen) atoms. The Kier molecular flexibility index (Phi) is 5.26. The molecule has 0 bridgehead atoms. The Hall–Kier alpha value is 0.230. The van der Waals surface area contributed by atoms with Gasteiger partial charge in [-0.15, -0.1) is 0 Å². The zero-order valence-corrected chi connectivity index (χ0v) is 10.2. The second kappa shape index (κ2) is 6.74. The highest BCUT2D eigenvalue weighted by atomic mass is 32.2. The predicted octanol–water partition coefficient (Wildman–Crippen LogP) is 0.804. The first kappa shape index (κ1) is 11.7. The molecule has 2 fully saturated rings. The van der Waals surface area contributed by atoms with Gasteiger partial charge in [0.1, 0.15) is 0 Å². The molecule has 0 aliphatic carbocycles. The Morgan fingerprint density at radius 2 is 2.20 bits per heavy atom. The molecule has 1 atom stereocenters. The molecule has 1 N–H and O–H groups in total. The van der Waals surface area contributed by atoms with Crippen LogP contribution in [0.2, 0.25) is 0 Å². The highest BCUT2D eigenvalue weighted by Gasteiger charge is 2.14. The van der Waals surface area contributed by atoms with Crippen LogP contribution >= 0.6 is 11.8 Å². The molecular formula is C11H22N2OS. The van der Waals surface area contributed by atoms with Gasteiger partial charge in [0.2, 0.25) is 0 Å². The number of thioether (sulfide) groups is 1. The van der Waals surface area contributed by atoms with Crippen LogP contribution in [0.25, 0.3) is 0 Å². The molecule has 2 aliphatic rings. The van der Waals surface area contributed by atoms with Gasteiger partial charge in [-0.1, -0.05) is 0 Å². The molecule has 0 aromatic heterocycles. The molecule has 2 aliphatic heterocycles. The van der Waals surface area contributed by atoms with Gasteiger partial charge in [0.05, 0.1) is 13.2 Å². The van der Waals surface area contributed by atoms with Crippen LogP contribution in [0.5, 0.6) is 0 Å². The summed E-state index contributed by atoms with van der Waals surface area (Å²) in [6.07, 6.45) is 2.64. The highest BCUT2D eigenvalue weighted by molar-refractivity contribution is 7.99. The molecule has 3 nitrogen and oxygen atoms in total. The SMILES string of the molecule is C(CN[C@@H]1CCSC1)CN1CCOCC1. The lowest BCUT2D eigenvalue weighted by molar-refractivity contribution is 0.0374.